The minimum Gasteiger partial charge on any atom is -0.383 e. The summed E-state index contributed by atoms with van der Waals surface area (Å²) in [5, 5.41) is 14.8. The van der Waals surface area contributed by atoms with E-state index >= 15 is 0 Å². The molecule has 4 heterocycles. The SMILES string of the molecule is C=C(/C=C\C(=NCCC1=CCC(C)(C)CC1)C1C[C@@]2(C)O[C@@](C)(C1)[C@@H]1OC(C)(C)O[C@@H]12)NC(=O)C1=NC(C#N)=CNC1. The van der Waals surface area contributed by atoms with Gasteiger partial charge < -0.3 is 24.8 Å². The van der Waals surface area contributed by atoms with Crippen molar-refractivity contribution in [3.8, 4) is 6.07 Å². The van der Waals surface area contributed by atoms with E-state index in [0.717, 1.165) is 37.8 Å². The van der Waals surface area contributed by atoms with E-state index < -0.39 is 22.9 Å². The first kappa shape index (κ1) is 30.4. The fourth-order valence-electron chi connectivity index (χ4n) is 6.97. The van der Waals surface area contributed by atoms with Crippen molar-refractivity contribution >= 4 is 17.3 Å². The molecule has 1 unspecified atom stereocenters. The monoisotopic (exact) mass is 575 g/mol. The van der Waals surface area contributed by atoms with Crippen LogP contribution in [-0.2, 0) is 19.0 Å². The quantitative estimate of drug-likeness (QED) is 0.238. The highest BCUT2D eigenvalue weighted by Gasteiger charge is 2.68. The molecule has 0 spiro atoms. The number of nitrogens with zero attached hydrogens (tertiary/aromatic N) is 3. The van der Waals surface area contributed by atoms with Crippen LogP contribution in [0.25, 0.3) is 0 Å². The largest absolute Gasteiger partial charge is 0.383 e. The number of fused-ring (bicyclic) bond motifs is 5. The van der Waals surface area contributed by atoms with Crippen LogP contribution >= 0.6 is 0 Å². The number of hydrogen-bond donors (Lipinski definition) is 2. The molecule has 226 valence electrons. The van der Waals surface area contributed by atoms with Crippen molar-refractivity contribution in [1.29, 1.82) is 5.26 Å². The summed E-state index contributed by atoms with van der Waals surface area (Å²) >= 11 is 0. The molecule has 2 N–H and O–H groups in total. The van der Waals surface area contributed by atoms with E-state index in [9.17, 15) is 4.79 Å². The number of allylic oxidation sites excluding steroid dienone is 4. The highest BCUT2D eigenvalue weighted by atomic mass is 16.8. The highest BCUT2D eigenvalue weighted by Crippen LogP contribution is 2.57. The topological polar surface area (TPSA) is 117 Å². The summed E-state index contributed by atoms with van der Waals surface area (Å²) in [6, 6.07) is 1.95. The van der Waals surface area contributed by atoms with Gasteiger partial charge in [-0.25, -0.2) is 4.99 Å². The van der Waals surface area contributed by atoms with Gasteiger partial charge in [-0.3, -0.25) is 9.79 Å². The molecule has 5 aliphatic rings. The lowest BCUT2D eigenvalue weighted by molar-refractivity contribution is -0.243. The van der Waals surface area contributed by atoms with Crippen molar-refractivity contribution in [2.24, 2.45) is 21.3 Å². The van der Waals surface area contributed by atoms with Crippen molar-refractivity contribution < 1.29 is 19.0 Å². The summed E-state index contributed by atoms with van der Waals surface area (Å²) in [4.78, 5) is 22.0. The predicted octanol–water partition coefficient (Wildman–Crippen LogP) is 5.03. The number of nitrogens with one attached hydrogen (secondary N) is 2. The molecule has 42 heavy (non-hydrogen) atoms. The first-order valence-electron chi connectivity index (χ1n) is 15.1. The Morgan fingerprint density at radius 3 is 2.50 bits per heavy atom. The van der Waals surface area contributed by atoms with Gasteiger partial charge in [-0.2, -0.15) is 5.26 Å². The van der Waals surface area contributed by atoms with Gasteiger partial charge in [0.15, 0.2) is 11.5 Å². The number of hydrogen-bond acceptors (Lipinski definition) is 8. The van der Waals surface area contributed by atoms with Crippen molar-refractivity contribution in [3.63, 3.8) is 0 Å². The number of ether oxygens (including phenoxy) is 3. The van der Waals surface area contributed by atoms with Gasteiger partial charge in [-0.05, 0) is 83.8 Å². The Hall–Kier alpha value is -3.06. The Morgan fingerprint density at radius 1 is 1.19 bits per heavy atom. The second kappa shape index (κ2) is 11.2. The van der Waals surface area contributed by atoms with Crippen molar-refractivity contribution in [2.75, 3.05) is 13.1 Å². The number of aliphatic imine (C=N–C) groups is 2. The molecule has 5 atom stereocenters. The predicted molar refractivity (Wildman–Crippen MR) is 163 cm³/mol. The van der Waals surface area contributed by atoms with Crippen LogP contribution < -0.4 is 10.6 Å². The molecule has 3 saturated heterocycles. The molecule has 0 aromatic carbocycles. The lowest BCUT2D eigenvalue weighted by Gasteiger charge is -2.43. The van der Waals surface area contributed by atoms with Gasteiger partial charge in [0.05, 0.1) is 17.7 Å². The van der Waals surface area contributed by atoms with Crippen molar-refractivity contribution in [1.82, 2.24) is 10.6 Å². The Morgan fingerprint density at radius 2 is 1.88 bits per heavy atom. The third-order valence-electron chi connectivity index (χ3n) is 9.15. The fraction of sp³-hybridized carbons (Fsp3) is 0.636. The van der Waals surface area contributed by atoms with E-state index in [0.29, 0.717) is 17.7 Å². The third kappa shape index (κ3) is 6.46. The molecular weight excluding hydrogens is 530 g/mol. The number of carbonyl (C=O) groups excluding carboxylic acids is 1. The maximum absolute atomic E-state index is 12.8. The molecule has 4 aliphatic heterocycles. The van der Waals surface area contributed by atoms with E-state index in [1.807, 2.05) is 26.0 Å². The summed E-state index contributed by atoms with van der Waals surface area (Å²) < 4.78 is 19.4. The third-order valence-corrected chi connectivity index (χ3v) is 9.15. The molecule has 0 saturated carbocycles. The molecule has 9 nitrogen and oxygen atoms in total. The summed E-state index contributed by atoms with van der Waals surface area (Å²) in [5.41, 5.74) is 2.66. The molecule has 0 aromatic heterocycles. The van der Waals surface area contributed by atoms with Gasteiger partial charge in [0.2, 0.25) is 0 Å². The molecule has 2 bridgehead atoms. The van der Waals surface area contributed by atoms with Gasteiger partial charge in [0.25, 0.3) is 5.91 Å². The first-order chi connectivity index (χ1) is 19.7. The standard InChI is InChI=1S/C33H45N5O4/c1-21(37-29(39)26-20-35-19-24(18-34)38-26)8-9-25(36-15-12-22-10-13-30(2,3)14-11-22)23-16-32(6)27-28(33(7,17-23)42-32)41-31(4,5)40-27/h8-10,19,23,27-28,35H,1,11-17,20H2,2-7H3,(H,37,39)/b9-8-,36-25?/t23?,27-,28+,32+,33-. The smallest absolute Gasteiger partial charge is 0.271 e. The van der Waals surface area contributed by atoms with Gasteiger partial charge in [0.1, 0.15) is 24.0 Å². The number of rotatable bonds is 8. The average Bonchev–Trinajstić information content (AvgIpc) is 3.34. The van der Waals surface area contributed by atoms with E-state index in [1.54, 1.807) is 6.08 Å². The van der Waals surface area contributed by atoms with Crippen LogP contribution in [-0.4, -0.2) is 59.6 Å². The molecular formula is C33H45N5O4. The Labute approximate surface area is 249 Å². The number of nitriles is 1. The molecule has 1 aliphatic carbocycles. The summed E-state index contributed by atoms with van der Waals surface area (Å²) in [6.45, 7) is 17.8. The molecule has 0 aromatic rings. The van der Waals surface area contributed by atoms with Crippen LogP contribution in [0.3, 0.4) is 0 Å². The molecule has 9 heteroatoms. The minimum atomic E-state index is -0.633. The second-order valence-electron chi connectivity index (χ2n) is 14.0. The molecule has 1 amide bonds. The van der Waals surface area contributed by atoms with Crippen LogP contribution in [0.2, 0.25) is 0 Å². The Bertz CT molecular complexity index is 1300. The van der Waals surface area contributed by atoms with Crippen molar-refractivity contribution in [3.05, 3.63) is 48.0 Å². The Balaban J connectivity index is 1.32. The highest BCUT2D eigenvalue weighted by molar-refractivity contribution is 6.40. The maximum atomic E-state index is 12.8. The van der Waals surface area contributed by atoms with Crippen LogP contribution in [0.5, 0.6) is 0 Å². The average molecular weight is 576 g/mol. The van der Waals surface area contributed by atoms with Crippen LogP contribution in [0.1, 0.15) is 80.1 Å². The van der Waals surface area contributed by atoms with Gasteiger partial charge in [0, 0.05) is 30.1 Å². The molecule has 0 radical (unpaired) electrons. The van der Waals surface area contributed by atoms with Gasteiger partial charge in [-0.15, -0.1) is 0 Å². The zero-order valence-corrected chi connectivity index (χ0v) is 25.9. The van der Waals surface area contributed by atoms with Gasteiger partial charge in [-0.1, -0.05) is 32.1 Å². The Kier molecular flexibility index (Phi) is 8.12. The second-order valence-corrected chi connectivity index (χ2v) is 14.0. The van der Waals surface area contributed by atoms with Crippen LogP contribution in [0, 0.1) is 22.7 Å². The van der Waals surface area contributed by atoms with Crippen LogP contribution in [0.15, 0.2) is 58.0 Å². The van der Waals surface area contributed by atoms with Crippen LogP contribution in [0.4, 0.5) is 0 Å². The number of carbonyl (C=O) groups is 1. The number of amides is 1. The van der Waals surface area contributed by atoms with E-state index in [1.165, 1.54) is 18.2 Å². The fourth-order valence-corrected chi connectivity index (χ4v) is 6.97. The summed E-state index contributed by atoms with van der Waals surface area (Å²) in [7, 11) is 0. The zero-order valence-electron chi connectivity index (χ0n) is 25.9. The molecule has 5 rings (SSSR count). The summed E-state index contributed by atoms with van der Waals surface area (Å²) in [5.74, 6) is -0.896. The lowest BCUT2D eigenvalue weighted by atomic mass is 9.78. The van der Waals surface area contributed by atoms with E-state index in [4.69, 9.17) is 24.5 Å². The summed E-state index contributed by atoms with van der Waals surface area (Å²) in [6.07, 6.45) is 13.3. The zero-order chi connectivity index (χ0) is 30.3. The maximum Gasteiger partial charge on any atom is 0.271 e. The first-order valence-corrected chi connectivity index (χ1v) is 15.1. The van der Waals surface area contributed by atoms with Crippen molar-refractivity contribution in [2.45, 2.75) is 109 Å². The minimum absolute atomic E-state index is 0.129. The van der Waals surface area contributed by atoms with E-state index in [2.05, 4.69) is 56.0 Å². The van der Waals surface area contributed by atoms with E-state index in [-0.39, 0.29) is 36.1 Å². The lowest BCUT2D eigenvalue weighted by Crippen LogP contribution is -2.48. The molecule has 3 fully saturated rings. The van der Waals surface area contributed by atoms with Gasteiger partial charge >= 0.3 is 0 Å². The normalized spacial score (nSPS) is 34.9.